The van der Waals surface area contributed by atoms with Gasteiger partial charge in [0.15, 0.2) is 18.1 Å². The molecule has 34 heavy (non-hydrogen) atoms. The number of nitrogens with one attached hydrogen (secondary N) is 1. The van der Waals surface area contributed by atoms with E-state index in [1.165, 1.54) is 0 Å². The molecule has 0 atom stereocenters. The van der Waals surface area contributed by atoms with Crippen LogP contribution < -0.4 is 14.8 Å². The van der Waals surface area contributed by atoms with E-state index >= 15 is 0 Å². The predicted octanol–water partition coefficient (Wildman–Crippen LogP) is 3.29. The van der Waals surface area contributed by atoms with Crippen molar-refractivity contribution in [1.82, 2.24) is 4.90 Å². The lowest BCUT2D eigenvalue weighted by atomic mass is 10.1. The Bertz CT molecular complexity index is 1130. The summed E-state index contributed by atoms with van der Waals surface area (Å²) in [6.07, 6.45) is 4.02. The number of fused-ring (bicyclic) bond motifs is 2. The number of nitrogens with zero attached hydrogens (tertiary/aromatic N) is 1. The molecule has 1 fully saturated rings. The van der Waals surface area contributed by atoms with Crippen molar-refractivity contribution in [3.63, 3.8) is 0 Å². The van der Waals surface area contributed by atoms with Crippen molar-refractivity contribution < 1.29 is 33.4 Å². The molecule has 0 aromatic heterocycles. The average molecular weight is 464 g/mol. The first kappa shape index (κ1) is 21.9. The van der Waals surface area contributed by atoms with E-state index in [1.54, 1.807) is 42.5 Å². The number of rotatable bonds is 7. The number of imide groups is 1. The number of hydrogen-bond acceptors (Lipinski definition) is 7. The van der Waals surface area contributed by atoms with Crippen LogP contribution in [0.1, 0.15) is 59.2 Å². The summed E-state index contributed by atoms with van der Waals surface area (Å²) in [5.74, 6) is -1.13. The summed E-state index contributed by atoms with van der Waals surface area (Å²) in [6, 6.07) is 11.8. The molecule has 5 rings (SSSR count). The highest BCUT2D eigenvalue weighted by molar-refractivity contribution is 6.21. The maximum atomic E-state index is 12.3. The summed E-state index contributed by atoms with van der Waals surface area (Å²) in [7, 11) is 0. The number of ether oxygens (including phenoxy) is 3. The van der Waals surface area contributed by atoms with Crippen LogP contribution in [0.4, 0.5) is 5.69 Å². The quantitative estimate of drug-likeness (QED) is 0.494. The minimum Gasteiger partial charge on any atom is -0.456 e. The zero-order valence-electron chi connectivity index (χ0n) is 18.5. The van der Waals surface area contributed by atoms with Gasteiger partial charge in [-0.2, -0.15) is 0 Å². The molecule has 3 amide bonds. The van der Waals surface area contributed by atoms with Gasteiger partial charge in [0.1, 0.15) is 0 Å². The van der Waals surface area contributed by atoms with Crippen molar-refractivity contribution in [2.45, 2.75) is 44.3 Å². The maximum absolute atomic E-state index is 12.3. The third kappa shape index (κ3) is 4.21. The second kappa shape index (κ2) is 8.81. The van der Waals surface area contributed by atoms with Crippen molar-refractivity contribution in [2.24, 2.45) is 0 Å². The lowest BCUT2D eigenvalue weighted by Gasteiger charge is -2.21. The van der Waals surface area contributed by atoms with Gasteiger partial charge in [-0.1, -0.05) is 12.1 Å². The highest BCUT2D eigenvalue weighted by atomic mass is 16.7. The van der Waals surface area contributed by atoms with Crippen LogP contribution in [0.3, 0.4) is 0 Å². The summed E-state index contributed by atoms with van der Waals surface area (Å²) in [5.41, 5.74) is 1.26. The normalized spacial score (nSPS) is 17.2. The first-order valence-corrected chi connectivity index (χ1v) is 11.4. The Hall–Kier alpha value is -3.88. The van der Waals surface area contributed by atoms with Gasteiger partial charge < -0.3 is 19.5 Å². The zero-order chi connectivity index (χ0) is 23.7. The smallest absolute Gasteiger partial charge is 0.306 e. The lowest BCUT2D eigenvalue weighted by Crippen LogP contribution is -2.34. The van der Waals surface area contributed by atoms with E-state index in [-0.39, 0.29) is 31.2 Å². The third-order valence-electron chi connectivity index (χ3n) is 6.19. The zero-order valence-corrected chi connectivity index (χ0v) is 18.5. The van der Waals surface area contributed by atoms with E-state index in [4.69, 9.17) is 14.2 Å². The number of anilines is 1. The molecule has 1 spiro atoms. The van der Waals surface area contributed by atoms with Gasteiger partial charge in [0.05, 0.1) is 11.1 Å². The largest absolute Gasteiger partial charge is 0.456 e. The Morgan fingerprint density at radius 2 is 1.65 bits per heavy atom. The van der Waals surface area contributed by atoms with Gasteiger partial charge in [-0.25, -0.2) is 0 Å². The van der Waals surface area contributed by atoms with Crippen molar-refractivity contribution in [1.29, 1.82) is 0 Å². The Kier molecular flexibility index (Phi) is 5.69. The minimum atomic E-state index is -0.583. The highest BCUT2D eigenvalue weighted by Crippen LogP contribution is 2.47. The van der Waals surface area contributed by atoms with Crippen molar-refractivity contribution in [3.8, 4) is 11.5 Å². The van der Waals surface area contributed by atoms with E-state index < -0.39 is 24.3 Å². The Balaban J connectivity index is 1.05. The van der Waals surface area contributed by atoms with Gasteiger partial charge in [-0.3, -0.25) is 24.1 Å². The van der Waals surface area contributed by atoms with Gasteiger partial charge in [0.25, 0.3) is 23.5 Å². The molecular weight excluding hydrogens is 440 g/mol. The molecule has 2 aromatic carbocycles. The Labute approximate surface area is 196 Å². The SMILES string of the molecule is O=C(COC(=O)CCCN1C(=O)c2ccccc2C1=O)Nc1ccc2c(c1)OC1(CCCC1)O2. The van der Waals surface area contributed by atoms with E-state index in [2.05, 4.69) is 5.32 Å². The summed E-state index contributed by atoms with van der Waals surface area (Å²) < 4.78 is 17.0. The molecule has 1 aliphatic carbocycles. The number of carbonyl (C=O) groups is 4. The molecule has 1 saturated carbocycles. The number of amides is 3. The van der Waals surface area contributed by atoms with Gasteiger partial charge in [0.2, 0.25) is 0 Å². The number of benzene rings is 2. The molecule has 1 N–H and O–H groups in total. The Morgan fingerprint density at radius 1 is 0.971 bits per heavy atom. The standard InChI is InChI=1S/C25H24N2O7/c28-21(26-16-9-10-19-20(14-16)34-25(33-19)11-3-4-12-25)15-32-22(29)8-5-13-27-23(30)17-6-1-2-7-18(17)24(27)31/h1-2,6-7,9-10,14H,3-5,8,11-13,15H2,(H,26,28). The molecule has 0 radical (unpaired) electrons. The van der Waals surface area contributed by atoms with E-state index in [9.17, 15) is 19.2 Å². The molecule has 176 valence electrons. The molecule has 0 bridgehead atoms. The van der Waals surface area contributed by atoms with Crippen LogP contribution in [0.2, 0.25) is 0 Å². The first-order valence-electron chi connectivity index (χ1n) is 11.4. The van der Waals surface area contributed by atoms with Crippen molar-refractivity contribution in [3.05, 3.63) is 53.6 Å². The highest BCUT2D eigenvalue weighted by Gasteiger charge is 2.44. The van der Waals surface area contributed by atoms with Crippen LogP contribution in [0.15, 0.2) is 42.5 Å². The van der Waals surface area contributed by atoms with Crippen LogP contribution in [-0.2, 0) is 14.3 Å². The molecule has 3 aliphatic rings. The summed E-state index contributed by atoms with van der Waals surface area (Å²) in [6.45, 7) is -0.337. The molecule has 0 saturated heterocycles. The fraction of sp³-hybridized carbons (Fsp3) is 0.360. The number of hydrogen-bond donors (Lipinski definition) is 1. The predicted molar refractivity (Wildman–Crippen MR) is 120 cm³/mol. The van der Waals surface area contributed by atoms with Crippen molar-refractivity contribution in [2.75, 3.05) is 18.5 Å². The molecule has 2 aliphatic heterocycles. The molecule has 9 nitrogen and oxygen atoms in total. The van der Waals surface area contributed by atoms with Crippen LogP contribution >= 0.6 is 0 Å². The average Bonchev–Trinajstić information content (AvgIpc) is 3.50. The van der Waals surface area contributed by atoms with Gasteiger partial charge in [-0.15, -0.1) is 0 Å². The van der Waals surface area contributed by atoms with Crippen LogP contribution in [0, 0.1) is 0 Å². The Morgan fingerprint density at radius 3 is 2.35 bits per heavy atom. The van der Waals surface area contributed by atoms with E-state index in [0.717, 1.165) is 30.6 Å². The van der Waals surface area contributed by atoms with E-state index in [1.807, 2.05) is 0 Å². The second-order valence-corrected chi connectivity index (χ2v) is 8.60. The van der Waals surface area contributed by atoms with Crippen molar-refractivity contribution >= 4 is 29.4 Å². The molecule has 2 aromatic rings. The third-order valence-corrected chi connectivity index (χ3v) is 6.19. The monoisotopic (exact) mass is 464 g/mol. The second-order valence-electron chi connectivity index (χ2n) is 8.60. The van der Waals surface area contributed by atoms with Crippen LogP contribution in [-0.4, -0.2) is 47.5 Å². The minimum absolute atomic E-state index is 0.0210. The molecule has 9 heteroatoms. The maximum Gasteiger partial charge on any atom is 0.306 e. The lowest BCUT2D eigenvalue weighted by molar-refractivity contribution is -0.147. The fourth-order valence-corrected chi connectivity index (χ4v) is 4.53. The van der Waals surface area contributed by atoms with Crippen LogP contribution in [0.25, 0.3) is 0 Å². The van der Waals surface area contributed by atoms with Crippen LogP contribution in [0.5, 0.6) is 11.5 Å². The fourth-order valence-electron chi connectivity index (χ4n) is 4.53. The number of carbonyl (C=O) groups excluding carboxylic acids is 4. The first-order chi connectivity index (χ1) is 16.4. The summed E-state index contributed by atoms with van der Waals surface area (Å²) >= 11 is 0. The summed E-state index contributed by atoms with van der Waals surface area (Å²) in [4.78, 5) is 50.0. The summed E-state index contributed by atoms with van der Waals surface area (Å²) in [5, 5.41) is 2.68. The number of esters is 1. The van der Waals surface area contributed by atoms with E-state index in [0.29, 0.717) is 28.3 Å². The topological polar surface area (TPSA) is 111 Å². The molecular formula is C25H24N2O7. The van der Waals surface area contributed by atoms with Gasteiger partial charge in [-0.05, 0) is 43.5 Å². The molecule has 0 unspecified atom stereocenters. The van der Waals surface area contributed by atoms with Gasteiger partial charge in [0, 0.05) is 37.6 Å². The molecule has 2 heterocycles. The van der Waals surface area contributed by atoms with Gasteiger partial charge >= 0.3 is 5.97 Å².